The first-order chi connectivity index (χ1) is 28.6. The SMILES string of the molecule is CCCCCCCC/C=C/C/C=C/C/C=C/CCCC(=O)OC(COCCC(C(=O)[O-])[N+](C)(C)C)COC(=O)CCCCCCC/C=C/C=C/CCCCCCCCC. The first-order valence-electron chi connectivity index (χ1n) is 23.8. The van der Waals surface area contributed by atoms with E-state index < -0.39 is 18.1 Å². The van der Waals surface area contributed by atoms with Gasteiger partial charge in [0.1, 0.15) is 12.6 Å². The maximum absolute atomic E-state index is 12.7. The van der Waals surface area contributed by atoms with E-state index in [1.165, 1.54) is 96.3 Å². The Morgan fingerprint density at radius 2 is 0.966 bits per heavy atom. The Balaban J connectivity index is 4.42. The summed E-state index contributed by atoms with van der Waals surface area (Å²) >= 11 is 0. The number of likely N-dealkylation sites (N-methyl/N-ethyl adjacent to an activating group) is 1. The van der Waals surface area contributed by atoms with E-state index in [0.717, 1.165) is 57.8 Å². The van der Waals surface area contributed by atoms with Crippen LogP contribution < -0.4 is 5.11 Å². The fourth-order valence-electron chi connectivity index (χ4n) is 6.67. The number of carbonyl (C=O) groups is 3. The molecule has 0 spiro atoms. The number of nitrogens with zero attached hydrogens (tertiary/aromatic N) is 1. The molecule has 0 rings (SSSR count). The Hall–Kier alpha value is -2.97. The molecule has 0 aromatic rings. The molecule has 0 aromatic carbocycles. The van der Waals surface area contributed by atoms with Gasteiger partial charge < -0.3 is 28.6 Å². The zero-order chi connectivity index (χ0) is 43.5. The molecule has 0 fully saturated rings. The molecule has 0 saturated carbocycles. The lowest BCUT2D eigenvalue weighted by Crippen LogP contribution is -2.55. The van der Waals surface area contributed by atoms with Crippen molar-refractivity contribution >= 4 is 17.9 Å². The normalized spacial score (nSPS) is 13.4. The van der Waals surface area contributed by atoms with Gasteiger partial charge in [-0.15, -0.1) is 0 Å². The maximum Gasteiger partial charge on any atom is 0.306 e. The molecule has 59 heavy (non-hydrogen) atoms. The molecule has 0 bridgehead atoms. The van der Waals surface area contributed by atoms with Crippen LogP contribution in [0.4, 0.5) is 0 Å². The molecule has 0 saturated heterocycles. The smallest absolute Gasteiger partial charge is 0.306 e. The number of carbonyl (C=O) groups excluding carboxylic acids is 3. The zero-order valence-corrected chi connectivity index (χ0v) is 38.7. The number of hydrogen-bond donors (Lipinski definition) is 0. The standard InChI is InChI=1S/C51H89NO7/c1-6-8-10-12-14-16-18-20-22-24-26-27-29-31-33-35-37-39-41-49(53)58-46-47(45-57-44-43-48(51(55)56)52(3,4)5)59-50(54)42-40-38-36-34-32-30-28-25-23-21-19-17-15-13-11-9-7-2/h21-24,26-28,30,34,36,47-48H,6-20,25,29,31-33,35,37-46H2,1-5H3/b23-21+,24-22+,27-26+,30-28+,36-34+. The average Bonchev–Trinajstić information content (AvgIpc) is 3.19. The Labute approximate surface area is 362 Å². The summed E-state index contributed by atoms with van der Waals surface area (Å²) in [5, 5.41) is 11.6. The van der Waals surface area contributed by atoms with E-state index >= 15 is 0 Å². The highest BCUT2D eigenvalue weighted by atomic mass is 16.6. The summed E-state index contributed by atoms with van der Waals surface area (Å²) < 4.78 is 17.1. The first-order valence-corrected chi connectivity index (χ1v) is 23.8. The Kier molecular flexibility index (Phi) is 39.6. The summed E-state index contributed by atoms with van der Waals surface area (Å²) in [4.78, 5) is 36.9. The predicted molar refractivity (Wildman–Crippen MR) is 245 cm³/mol. The highest BCUT2D eigenvalue weighted by Crippen LogP contribution is 2.13. The van der Waals surface area contributed by atoms with Gasteiger partial charge in [0.15, 0.2) is 6.10 Å². The van der Waals surface area contributed by atoms with Crippen LogP contribution in [-0.4, -0.2) is 75.5 Å². The monoisotopic (exact) mass is 828 g/mol. The van der Waals surface area contributed by atoms with Gasteiger partial charge >= 0.3 is 11.9 Å². The highest BCUT2D eigenvalue weighted by Gasteiger charge is 2.25. The first kappa shape index (κ1) is 56.0. The van der Waals surface area contributed by atoms with Gasteiger partial charge in [-0.1, -0.05) is 164 Å². The van der Waals surface area contributed by atoms with Crippen molar-refractivity contribution in [3.63, 3.8) is 0 Å². The third-order valence-electron chi connectivity index (χ3n) is 10.4. The third-order valence-corrected chi connectivity index (χ3v) is 10.4. The van der Waals surface area contributed by atoms with Crippen LogP contribution in [-0.2, 0) is 28.6 Å². The van der Waals surface area contributed by atoms with E-state index in [-0.39, 0.29) is 49.1 Å². The van der Waals surface area contributed by atoms with Crippen molar-refractivity contribution in [2.24, 2.45) is 0 Å². The van der Waals surface area contributed by atoms with Crippen LogP contribution in [0.5, 0.6) is 0 Å². The van der Waals surface area contributed by atoms with Crippen molar-refractivity contribution in [2.45, 2.75) is 206 Å². The van der Waals surface area contributed by atoms with Gasteiger partial charge in [-0.3, -0.25) is 9.59 Å². The molecule has 0 radical (unpaired) electrons. The molecular formula is C51H89NO7. The Bertz CT molecular complexity index is 1150. The molecule has 0 heterocycles. The number of rotatable bonds is 42. The summed E-state index contributed by atoms with van der Waals surface area (Å²) in [6, 6.07) is -0.739. The molecule has 2 atom stereocenters. The molecule has 0 aromatic heterocycles. The summed E-state index contributed by atoms with van der Waals surface area (Å²) in [6.45, 7) is 4.58. The third kappa shape index (κ3) is 40.2. The number of aliphatic carboxylic acids is 1. The van der Waals surface area contributed by atoms with E-state index in [0.29, 0.717) is 12.8 Å². The van der Waals surface area contributed by atoms with E-state index in [9.17, 15) is 19.5 Å². The average molecular weight is 828 g/mol. The minimum atomic E-state index is -1.14. The second kappa shape index (κ2) is 41.8. The minimum absolute atomic E-state index is 0.0137. The number of carboxylic acid groups (broad SMARTS) is 1. The lowest BCUT2D eigenvalue weighted by Gasteiger charge is -2.34. The quantitative estimate of drug-likeness (QED) is 0.0198. The summed E-state index contributed by atoms with van der Waals surface area (Å²) in [7, 11) is 5.38. The fraction of sp³-hybridized carbons (Fsp3) is 0.745. The van der Waals surface area contributed by atoms with E-state index in [1.807, 2.05) is 0 Å². The second-order valence-corrected chi connectivity index (χ2v) is 17.0. The minimum Gasteiger partial charge on any atom is -0.544 e. The summed E-state index contributed by atoms with van der Waals surface area (Å²) in [5.41, 5.74) is 0. The molecule has 2 unspecified atom stereocenters. The van der Waals surface area contributed by atoms with Crippen molar-refractivity contribution in [1.82, 2.24) is 0 Å². The molecule has 340 valence electrons. The van der Waals surface area contributed by atoms with Crippen molar-refractivity contribution in [3.8, 4) is 0 Å². The molecule has 0 amide bonds. The Morgan fingerprint density at radius 3 is 1.47 bits per heavy atom. The van der Waals surface area contributed by atoms with Crippen LogP contribution in [0.25, 0.3) is 0 Å². The molecular weight excluding hydrogens is 739 g/mol. The number of hydrogen-bond acceptors (Lipinski definition) is 7. The van der Waals surface area contributed by atoms with Crippen molar-refractivity contribution < 1.29 is 38.2 Å². The number of quaternary nitrogens is 1. The van der Waals surface area contributed by atoms with E-state index in [1.54, 1.807) is 21.1 Å². The van der Waals surface area contributed by atoms with Crippen molar-refractivity contribution in [3.05, 3.63) is 60.8 Å². The van der Waals surface area contributed by atoms with Crippen molar-refractivity contribution in [2.75, 3.05) is 41.0 Å². The maximum atomic E-state index is 12.7. The van der Waals surface area contributed by atoms with Gasteiger partial charge in [-0.05, 0) is 70.6 Å². The molecule has 0 aliphatic rings. The van der Waals surface area contributed by atoms with Crippen LogP contribution in [0.3, 0.4) is 0 Å². The zero-order valence-electron chi connectivity index (χ0n) is 38.7. The Morgan fingerprint density at radius 1 is 0.525 bits per heavy atom. The van der Waals surface area contributed by atoms with Gasteiger partial charge in [0.2, 0.25) is 0 Å². The van der Waals surface area contributed by atoms with Crippen LogP contribution in [0.2, 0.25) is 0 Å². The van der Waals surface area contributed by atoms with Gasteiger partial charge in [0, 0.05) is 19.3 Å². The molecule has 0 aliphatic carbocycles. The predicted octanol–water partition coefficient (Wildman–Crippen LogP) is 12.0. The van der Waals surface area contributed by atoms with Gasteiger partial charge in [0.25, 0.3) is 0 Å². The number of unbranched alkanes of at least 4 members (excludes halogenated alkanes) is 19. The van der Waals surface area contributed by atoms with Crippen LogP contribution in [0.1, 0.15) is 194 Å². The van der Waals surface area contributed by atoms with Crippen LogP contribution in [0, 0.1) is 0 Å². The van der Waals surface area contributed by atoms with Crippen LogP contribution >= 0.6 is 0 Å². The van der Waals surface area contributed by atoms with E-state index in [2.05, 4.69) is 74.6 Å². The lowest BCUT2D eigenvalue weighted by atomic mass is 10.1. The molecule has 8 nitrogen and oxygen atoms in total. The molecule has 8 heteroatoms. The van der Waals surface area contributed by atoms with Crippen molar-refractivity contribution in [1.29, 1.82) is 0 Å². The lowest BCUT2D eigenvalue weighted by molar-refractivity contribution is -0.889. The summed E-state index contributed by atoms with van der Waals surface area (Å²) in [5.74, 6) is -1.82. The molecule has 0 aliphatic heterocycles. The second-order valence-electron chi connectivity index (χ2n) is 17.0. The number of allylic oxidation sites excluding steroid dienone is 10. The topological polar surface area (TPSA) is 102 Å². The van der Waals surface area contributed by atoms with Gasteiger partial charge in [-0.25, -0.2) is 0 Å². The van der Waals surface area contributed by atoms with Gasteiger partial charge in [-0.2, -0.15) is 0 Å². The van der Waals surface area contributed by atoms with Crippen LogP contribution in [0.15, 0.2) is 60.8 Å². The number of ether oxygens (including phenoxy) is 3. The highest BCUT2D eigenvalue weighted by molar-refractivity contribution is 5.70. The number of carboxylic acids is 1. The summed E-state index contributed by atoms with van der Waals surface area (Å²) in [6.07, 6.45) is 51.1. The fourth-order valence-corrected chi connectivity index (χ4v) is 6.67. The van der Waals surface area contributed by atoms with Gasteiger partial charge in [0.05, 0.1) is 40.3 Å². The molecule has 0 N–H and O–H groups in total. The number of esters is 2. The largest absolute Gasteiger partial charge is 0.544 e. The van der Waals surface area contributed by atoms with E-state index in [4.69, 9.17) is 14.2 Å².